The van der Waals surface area contributed by atoms with Crippen molar-refractivity contribution in [3.63, 3.8) is 0 Å². The summed E-state index contributed by atoms with van der Waals surface area (Å²) in [6.07, 6.45) is 4.88. The van der Waals surface area contributed by atoms with Crippen molar-refractivity contribution < 1.29 is 9.53 Å². The lowest BCUT2D eigenvalue weighted by molar-refractivity contribution is 0.0476. The maximum Gasteiger partial charge on any atom is 0.339 e. The molecule has 20 heavy (non-hydrogen) atoms. The number of carbonyl (C=O) groups is 1. The van der Waals surface area contributed by atoms with Gasteiger partial charge in [0.2, 0.25) is 0 Å². The SMILES string of the molecule is CN(C)c1ccc(C(=O)OCCC2CCNCC2)cn1. The third-order valence-electron chi connectivity index (χ3n) is 3.66. The van der Waals surface area contributed by atoms with Gasteiger partial charge in [-0.25, -0.2) is 9.78 Å². The predicted octanol–water partition coefficient (Wildman–Crippen LogP) is 1.69. The van der Waals surface area contributed by atoms with E-state index in [2.05, 4.69) is 10.3 Å². The number of aromatic nitrogens is 1. The zero-order valence-corrected chi connectivity index (χ0v) is 12.3. The van der Waals surface area contributed by atoms with Crippen molar-refractivity contribution in [3.05, 3.63) is 23.9 Å². The molecule has 110 valence electrons. The second-order valence-electron chi connectivity index (χ2n) is 5.42. The van der Waals surface area contributed by atoms with Crippen LogP contribution in [0.3, 0.4) is 0 Å². The van der Waals surface area contributed by atoms with Gasteiger partial charge in [0.05, 0.1) is 12.2 Å². The molecule has 0 aromatic carbocycles. The van der Waals surface area contributed by atoms with E-state index in [4.69, 9.17) is 4.74 Å². The smallest absolute Gasteiger partial charge is 0.339 e. The molecule has 0 radical (unpaired) electrons. The number of piperidine rings is 1. The second kappa shape index (κ2) is 7.24. The van der Waals surface area contributed by atoms with E-state index in [-0.39, 0.29) is 5.97 Å². The van der Waals surface area contributed by atoms with Gasteiger partial charge in [0.15, 0.2) is 0 Å². The molecular weight excluding hydrogens is 254 g/mol. The van der Waals surface area contributed by atoms with Crippen LogP contribution in [-0.4, -0.2) is 44.7 Å². The van der Waals surface area contributed by atoms with Crippen molar-refractivity contribution in [2.24, 2.45) is 5.92 Å². The molecule has 1 N–H and O–H groups in total. The summed E-state index contributed by atoms with van der Waals surface area (Å²) in [6.45, 7) is 2.65. The average molecular weight is 277 g/mol. The minimum Gasteiger partial charge on any atom is -0.462 e. The van der Waals surface area contributed by atoms with Crippen molar-refractivity contribution in [2.75, 3.05) is 38.7 Å². The monoisotopic (exact) mass is 277 g/mol. The number of nitrogens with one attached hydrogen (secondary N) is 1. The standard InChI is InChI=1S/C15H23N3O2/c1-18(2)14-4-3-13(11-17-14)15(19)20-10-7-12-5-8-16-9-6-12/h3-4,11-12,16H,5-10H2,1-2H3. The van der Waals surface area contributed by atoms with Crippen LogP contribution in [0.2, 0.25) is 0 Å². The van der Waals surface area contributed by atoms with Crippen LogP contribution in [0.5, 0.6) is 0 Å². The van der Waals surface area contributed by atoms with Crippen molar-refractivity contribution in [3.8, 4) is 0 Å². The van der Waals surface area contributed by atoms with Gasteiger partial charge in [0.1, 0.15) is 5.82 Å². The first-order valence-corrected chi connectivity index (χ1v) is 7.18. The van der Waals surface area contributed by atoms with Crippen molar-refractivity contribution >= 4 is 11.8 Å². The van der Waals surface area contributed by atoms with E-state index in [1.807, 2.05) is 25.1 Å². The fourth-order valence-electron chi connectivity index (χ4n) is 2.34. The summed E-state index contributed by atoms with van der Waals surface area (Å²) in [6, 6.07) is 3.58. The lowest BCUT2D eigenvalue weighted by atomic mass is 9.95. The Morgan fingerprint density at radius 2 is 2.15 bits per heavy atom. The molecule has 2 heterocycles. The Morgan fingerprint density at radius 1 is 1.40 bits per heavy atom. The van der Waals surface area contributed by atoms with Crippen LogP contribution in [0.15, 0.2) is 18.3 Å². The van der Waals surface area contributed by atoms with E-state index in [1.165, 1.54) is 12.8 Å². The van der Waals surface area contributed by atoms with E-state index >= 15 is 0 Å². The Bertz CT molecular complexity index is 425. The summed E-state index contributed by atoms with van der Waals surface area (Å²) >= 11 is 0. The molecule has 1 aromatic heterocycles. The Hall–Kier alpha value is -1.62. The zero-order valence-electron chi connectivity index (χ0n) is 12.3. The van der Waals surface area contributed by atoms with Crippen LogP contribution in [0.1, 0.15) is 29.6 Å². The summed E-state index contributed by atoms with van der Waals surface area (Å²) in [5, 5.41) is 3.33. The number of rotatable bonds is 5. The molecule has 0 atom stereocenters. The molecule has 1 fully saturated rings. The van der Waals surface area contributed by atoms with Gasteiger partial charge in [-0.15, -0.1) is 0 Å². The molecular formula is C15H23N3O2. The van der Waals surface area contributed by atoms with Crippen LogP contribution < -0.4 is 10.2 Å². The van der Waals surface area contributed by atoms with Gasteiger partial charge in [-0.3, -0.25) is 0 Å². The van der Waals surface area contributed by atoms with Crippen LogP contribution >= 0.6 is 0 Å². The highest BCUT2D eigenvalue weighted by atomic mass is 16.5. The first-order valence-electron chi connectivity index (χ1n) is 7.18. The lowest BCUT2D eigenvalue weighted by Crippen LogP contribution is -2.28. The van der Waals surface area contributed by atoms with Crippen molar-refractivity contribution in [1.29, 1.82) is 0 Å². The maximum absolute atomic E-state index is 11.9. The number of esters is 1. The summed E-state index contributed by atoms with van der Waals surface area (Å²) < 4.78 is 5.32. The highest BCUT2D eigenvalue weighted by Crippen LogP contribution is 2.16. The lowest BCUT2D eigenvalue weighted by Gasteiger charge is -2.22. The molecule has 1 aromatic rings. The summed E-state index contributed by atoms with van der Waals surface area (Å²) in [7, 11) is 3.83. The highest BCUT2D eigenvalue weighted by Gasteiger charge is 2.14. The fraction of sp³-hybridized carbons (Fsp3) is 0.600. The van der Waals surface area contributed by atoms with E-state index in [1.54, 1.807) is 12.3 Å². The Balaban J connectivity index is 1.76. The molecule has 5 heteroatoms. The fourth-order valence-corrected chi connectivity index (χ4v) is 2.34. The molecule has 0 bridgehead atoms. The highest BCUT2D eigenvalue weighted by molar-refractivity contribution is 5.89. The number of hydrogen-bond donors (Lipinski definition) is 1. The van der Waals surface area contributed by atoms with Gasteiger partial charge in [0.25, 0.3) is 0 Å². The molecule has 1 saturated heterocycles. The molecule has 0 amide bonds. The quantitative estimate of drug-likeness (QED) is 0.830. The van der Waals surface area contributed by atoms with Gasteiger partial charge >= 0.3 is 5.97 Å². The summed E-state index contributed by atoms with van der Waals surface area (Å²) in [5.41, 5.74) is 0.515. The normalized spacial score (nSPS) is 15.9. The van der Waals surface area contributed by atoms with Gasteiger partial charge < -0.3 is 15.0 Å². The number of carbonyl (C=O) groups excluding carboxylic acids is 1. The van der Waals surface area contributed by atoms with Gasteiger partial charge in [-0.05, 0) is 50.4 Å². The van der Waals surface area contributed by atoms with Gasteiger partial charge in [-0.2, -0.15) is 0 Å². The Labute approximate surface area is 120 Å². The molecule has 0 aliphatic carbocycles. The number of ether oxygens (including phenoxy) is 1. The second-order valence-corrected chi connectivity index (χ2v) is 5.42. The number of anilines is 1. The van der Waals surface area contributed by atoms with Crippen LogP contribution in [-0.2, 0) is 4.74 Å². The van der Waals surface area contributed by atoms with Gasteiger partial charge in [-0.1, -0.05) is 0 Å². The molecule has 2 rings (SSSR count). The number of nitrogens with zero attached hydrogens (tertiary/aromatic N) is 2. The van der Waals surface area contributed by atoms with Crippen LogP contribution in [0.25, 0.3) is 0 Å². The van der Waals surface area contributed by atoms with E-state index in [9.17, 15) is 4.79 Å². The van der Waals surface area contributed by atoms with E-state index in [0.717, 1.165) is 25.3 Å². The molecule has 0 saturated carbocycles. The largest absolute Gasteiger partial charge is 0.462 e. The first-order chi connectivity index (χ1) is 9.66. The molecule has 1 aliphatic heterocycles. The molecule has 1 aliphatic rings. The Kier molecular flexibility index (Phi) is 5.35. The zero-order chi connectivity index (χ0) is 14.4. The van der Waals surface area contributed by atoms with Crippen LogP contribution in [0.4, 0.5) is 5.82 Å². The third kappa shape index (κ3) is 4.20. The van der Waals surface area contributed by atoms with Gasteiger partial charge in [0, 0.05) is 20.3 Å². The van der Waals surface area contributed by atoms with Crippen molar-refractivity contribution in [2.45, 2.75) is 19.3 Å². The van der Waals surface area contributed by atoms with E-state index in [0.29, 0.717) is 18.1 Å². The minimum absolute atomic E-state index is 0.281. The number of hydrogen-bond acceptors (Lipinski definition) is 5. The Morgan fingerprint density at radius 3 is 2.75 bits per heavy atom. The third-order valence-corrected chi connectivity index (χ3v) is 3.66. The average Bonchev–Trinajstić information content (AvgIpc) is 2.48. The number of pyridine rings is 1. The maximum atomic E-state index is 11.9. The topological polar surface area (TPSA) is 54.5 Å². The van der Waals surface area contributed by atoms with Crippen LogP contribution in [0, 0.1) is 5.92 Å². The molecule has 0 unspecified atom stereocenters. The summed E-state index contributed by atoms with van der Waals surface area (Å²) in [5.74, 6) is 1.23. The molecule has 0 spiro atoms. The minimum atomic E-state index is -0.281. The summed E-state index contributed by atoms with van der Waals surface area (Å²) in [4.78, 5) is 18.0. The first kappa shape index (κ1) is 14.8. The molecule has 5 nitrogen and oxygen atoms in total. The predicted molar refractivity (Wildman–Crippen MR) is 79.1 cm³/mol. The van der Waals surface area contributed by atoms with E-state index < -0.39 is 0 Å². The van der Waals surface area contributed by atoms with Crippen molar-refractivity contribution in [1.82, 2.24) is 10.3 Å².